The van der Waals surface area contributed by atoms with Gasteiger partial charge < -0.3 is 9.52 Å². The van der Waals surface area contributed by atoms with Crippen LogP contribution in [-0.2, 0) is 6.54 Å². The SMILES string of the molecule is O=[N+]([O-])c1ccc2oc(CN3CCN(CCO)CC3)nc2c1. The van der Waals surface area contributed by atoms with E-state index in [1.807, 2.05) is 0 Å². The molecule has 2 heterocycles. The quantitative estimate of drug-likeness (QED) is 0.646. The Labute approximate surface area is 127 Å². The van der Waals surface area contributed by atoms with Gasteiger partial charge in [-0.1, -0.05) is 0 Å². The molecule has 8 heteroatoms. The number of aromatic nitrogens is 1. The molecule has 1 aromatic heterocycles. The highest BCUT2D eigenvalue weighted by molar-refractivity contribution is 5.75. The van der Waals surface area contributed by atoms with Crippen LogP contribution in [0.3, 0.4) is 0 Å². The Morgan fingerprint density at radius 2 is 2.00 bits per heavy atom. The molecule has 118 valence electrons. The molecule has 2 aromatic rings. The van der Waals surface area contributed by atoms with E-state index in [-0.39, 0.29) is 12.3 Å². The Kier molecular flexibility index (Phi) is 4.32. The average molecular weight is 306 g/mol. The van der Waals surface area contributed by atoms with Gasteiger partial charge in [0.2, 0.25) is 5.89 Å². The maximum atomic E-state index is 10.8. The summed E-state index contributed by atoms with van der Waals surface area (Å²) >= 11 is 0. The molecule has 1 aliphatic rings. The lowest BCUT2D eigenvalue weighted by Crippen LogP contribution is -2.46. The fraction of sp³-hybridized carbons (Fsp3) is 0.500. The number of β-amino-alcohol motifs (C(OH)–C–C–N with tert-alkyl or cyclic N) is 1. The van der Waals surface area contributed by atoms with Gasteiger partial charge in [-0.05, 0) is 6.07 Å². The number of nitrogens with zero attached hydrogens (tertiary/aromatic N) is 4. The van der Waals surface area contributed by atoms with Crippen molar-refractivity contribution < 1.29 is 14.4 Å². The average Bonchev–Trinajstić information content (AvgIpc) is 2.90. The van der Waals surface area contributed by atoms with Crippen LogP contribution in [0.5, 0.6) is 0 Å². The molecule has 3 rings (SSSR count). The molecule has 22 heavy (non-hydrogen) atoms. The summed E-state index contributed by atoms with van der Waals surface area (Å²) in [7, 11) is 0. The fourth-order valence-electron chi connectivity index (χ4n) is 2.65. The molecule has 0 atom stereocenters. The van der Waals surface area contributed by atoms with E-state index in [4.69, 9.17) is 9.52 Å². The first-order valence-corrected chi connectivity index (χ1v) is 7.25. The number of fused-ring (bicyclic) bond motifs is 1. The third kappa shape index (κ3) is 3.24. The summed E-state index contributed by atoms with van der Waals surface area (Å²) in [6.45, 7) is 5.08. The zero-order valence-corrected chi connectivity index (χ0v) is 12.1. The summed E-state index contributed by atoms with van der Waals surface area (Å²) in [4.78, 5) is 19.1. The van der Waals surface area contributed by atoms with Crippen LogP contribution < -0.4 is 0 Å². The Bertz CT molecular complexity index is 664. The lowest BCUT2D eigenvalue weighted by Gasteiger charge is -2.33. The van der Waals surface area contributed by atoms with Crippen LogP contribution in [0.25, 0.3) is 11.1 Å². The Morgan fingerprint density at radius 1 is 1.27 bits per heavy atom. The minimum absolute atomic E-state index is 0.0185. The molecule has 0 spiro atoms. The fourth-order valence-corrected chi connectivity index (χ4v) is 2.65. The molecule has 1 fully saturated rings. The van der Waals surface area contributed by atoms with Crippen molar-refractivity contribution in [3.8, 4) is 0 Å². The smallest absolute Gasteiger partial charge is 0.271 e. The van der Waals surface area contributed by atoms with Gasteiger partial charge in [0.05, 0.1) is 18.1 Å². The number of benzene rings is 1. The van der Waals surface area contributed by atoms with E-state index < -0.39 is 4.92 Å². The van der Waals surface area contributed by atoms with E-state index in [2.05, 4.69) is 14.8 Å². The predicted octanol–water partition coefficient (Wildman–Crippen LogP) is 0.846. The Balaban J connectivity index is 1.66. The summed E-state index contributed by atoms with van der Waals surface area (Å²) in [6.07, 6.45) is 0. The summed E-state index contributed by atoms with van der Waals surface area (Å²) in [5.41, 5.74) is 1.10. The molecule has 1 aromatic carbocycles. The van der Waals surface area contributed by atoms with Crippen LogP contribution in [0.1, 0.15) is 5.89 Å². The molecule has 1 saturated heterocycles. The second-order valence-corrected chi connectivity index (χ2v) is 5.36. The molecule has 8 nitrogen and oxygen atoms in total. The van der Waals surface area contributed by atoms with Crippen molar-refractivity contribution in [1.82, 2.24) is 14.8 Å². The van der Waals surface area contributed by atoms with E-state index in [0.29, 0.717) is 30.1 Å². The molecule has 1 aliphatic heterocycles. The first kappa shape index (κ1) is 14.9. The van der Waals surface area contributed by atoms with Gasteiger partial charge in [0.25, 0.3) is 5.69 Å². The highest BCUT2D eigenvalue weighted by Crippen LogP contribution is 2.22. The number of non-ortho nitro benzene ring substituents is 1. The van der Waals surface area contributed by atoms with Crippen molar-refractivity contribution in [2.24, 2.45) is 0 Å². The summed E-state index contributed by atoms with van der Waals surface area (Å²) in [5.74, 6) is 0.575. The van der Waals surface area contributed by atoms with E-state index in [0.717, 1.165) is 26.2 Å². The topological polar surface area (TPSA) is 95.9 Å². The number of aliphatic hydroxyl groups is 1. The summed E-state index contributed by atoms with van der Waals surface area (Å²) < 4.78 is 5.65. The van der Waals surface area contributed by atoms with Crippen LogP contribution in [0.4, 0.5) is 5.69 Å². The molecule has 0 aliphatic carbocycles. The van der Waals surface area contributed by atoms with Crippen molar-refractivity contribution in [3.63, 3.8) is 0 Å². The zero-order chi connectivity index (χ0) is 15.5. The molecule has 0 bridgehead atoms. The first-order valence-electron chi connectivity index (χ1n) is 7.25. The zero-order valence-electron chi connectivity index (χ0n) is 12.1. The molecule has 1 N–H and O–H groups in total. The molecular weight excluding hydrogens is 288 g/mol. The molecule has 0 unspecified atom stereocenters. The van der Waals surface area contributed by atoms with Crippen molar-refractivity contribution in [3.05, 3.63) is 34.2 Å². The summed E-state index contributed by atoms with van der Waals surface area (Å²) in [6, 6.07) is 4.44. The van der Waals surface area contributed by atoms with Gasteiger partial charge >= 0.3 is 0 Å². The molecule has 0 amide bonds. The second kappa shape index (κ2) is 6.39. The minimum Gasteiger partial charge on any atom is -0.439 e. The predicted molar refractivity (Wildman–Crippen MR) is 79.5 cm³/mol. The van der Waals surface area contributed by atoms with Crippen LogP contribution in [0, 0.1) is 10.1 Å². The Morgan fingerprint density at radius 3 is 2.68 bits per heavy atom. The number of nitro groups is 1. The van der Waals surface area contributed by atoms with Gasteiger partial charge in [0, 0.05) is 44.9 Å². The molecule has 0 saturated carbocycles. The molecular formula is C14H18N4O4. The third-order valence-corrected chi connectivity index (χ3v) is 3.87. The number of piperazine rings is 1. The summed E-state index contributed by atoms with van der Waals surface area (Å²) in [5, 5.41) is 19.7. The number of nitro benzene ring substituents is 1. The highest BCUT2D eigenvalue weighted by atomic mass is 16.6. The number of hydrogen-bond donors (Lipinski definition) is 1. The van der Waals surface area contributed by atoms with Crippen molar-refractivity contribution in [1.29, 1.82) is 0 Å². The maximum Gasteiger partial charge on any atom is 0.271 e. The van der Waals surface area contributed by atoms with Gasteiger partial charge in [-0.3, -0.25) is 19.9 Å². The van der Waals surface area contributed by atoms with E-state index in [9.17, 15) is 10.1 Å². The monoisotopic (exact) mass is 306 g/mol. The number of hydrogen-bond acceptors (Lipinski definition) is 7. The van der Waals surface area contributed by atoms with Crippen LogP contribution >= 0.6 is 0 Å². The number of aliphatic hydroxyl groups excluding tert-OH is 1. The second-order valence-electron chi connectivity index (χ2n) is 5.36. The lowest BCUT2D eigenvalue weighted by molar-refractivity contribution is -0.384. The Hall–Kier alpha value is -2.03. The maximum absolute atomic E-state index is 10.8. The first-order chi connectivity index (χ1) is 10.7. The van der Waals surface area contributed by atoms with Gasteiger partial charge in [-0.25, -0.2) is 4.98 Å². The highest BCUT2D eigenvalue weighted by Gasteiger charge is 2.19. The lowest BCUT2D eigenvalue weighted by atomic mass is 10.3. The van der Waals surface area contributed by atoms with Crippen LogP contribution in [0.15, 0.2) is 22.6 Å². The third-order valence-electron chi connectivity index (χ3n) is 3.87. The minimum atomic E-state index is -0.436. The number of rotatable bonds is 5. The van der Waals surface area contributed by atoms with Crippen molar-refractivity contribution in [2.45, 2.75) is 6.54 Å². The van der Waals surface area contributed by atoms with Crippen LogP contribution in [0.2, 0.25) is 0 Å². The van der Waals surface area contributed by atoms with Crippen molar-refractivity contribution in [2.75, 3.05) is 39.3 Å². The van der Waals surface area contributed by atoms with E-state index >= 15 is 0 Å². The van der Waals surface area contributed by atoms with Gasteiger partial charge in [-0.2, -0.15) is 0 Å². The largest absolute Gasteiger partial charge is 0.439 e. The molecule has 0 radical (unpaired) electrons. The standard InChI is InChI=1S/C14H18N4O4/c19-8-7-16-3-5-17(6-4-16)10-14-15-12-9-11(18(20)21)1-2-13(12)22-14/h1-2,9,19H,3-8,10H2. The van der Waals surface area contributed by atoms with Crippen LogP contribution in [-0.4, -0.2) is 64.1 Å². The number of oxazole rings is 1. The van der Waals surface area contributed by atoms with Gasteiger partial charge in [0.1, 0.15) is 5.52 Å². The normalized spacial score (nSPS) is 17.1. The van der Waals surface area contributed by atoms with E-state index in [1.165, 1.54) is 12.1 Å². The van der Waals surface area contributed by atoms with Crippen molar-refractivity contribution >= 4 is 16.8 Å². The van der Waals surface area contributed by atoms with Gasteiger partial charge in [-0.15, -0.1) is 0 Å². The van der Waals surface area contributed by atoms with Gasteiger partial charge in [0.15, 0.2) is 5.58 Å². The van der Waals surface area contributed by atoms with E-state index in [1.54, 1.807) is 6.07 Å².